The number of nitrogens with two attached hydrogens (primary N) is 1. The van der Waals surface area contributed by atoms with Crippen LogP contribution < -0.4 is 11.1 Å². The van der Waals surface area contributed by atoms with Crippen LogP contribution in [0.15, 0.2) is 34.7 Å². The molecule has 3 N–H and O–H groups in total. The number of hydrogen-bond acceptors (Lipinski definition) is 5. The number of primary amides is 1. The minimum Gasteiger partial charge on any atom is -0.419 e. The van der Waals surface area contributed by atoms with Crippen molar-refractivity contribution in [2.45, 2.75) is 6.54 Å². The van der Waals surface area contributed by atoms with Crippen LogP contribution >= 0.6 is 0 Å². The Kier molecular flexibility index (Phi) is 3.46. The molecule has 0 unspecified atom stereocenters. The Morgan fingerprint density at radius 2 is 2.06 bits per heavy atom. The van der Waals surface area contributed by atoms with Crippen molar-refractivity contribution in [3.8, 4) is 11.5 Å². The van der Waals surface area contributed by atoms with Gasteiger partial charge in [0.25, 0.3) is 0 Å². The molecule has 2 aromatic rings. The van der Waals surface area contributed by atoms with Crippen LogP contribution in [0.3, 0.4) is 0 Å². The van der Waals surface area contributed by atoms with Crippen LogP contribution in [0.25, 0.3) is 11.5 Å². The SMILES string of the molecule is NC(=O)CNCc1nnc(-c2ccccc2)o1. The van der Waals surface area contributed by atoms with E-state index >= 15 is 0 Å². The van der Waals surface area contributed by atoms with Crippen LogP contribution in [0.2, 0.25) is 0 Å². The third-order valence-electron chi connectivity index (χ3n) is 2.06. The molecule has 0 radical (unpaired) electrons. The predicted octanol–water partition coefficient (Wildman–Crippen LogP) is 0.311. The molecule has 1 amide bonds. The normalized spacial score (nSPS) is 10.4. The molecular formula is C11H12N4O2. The third kappa shape index (κ3) is 3.12. The third-order valence-corrected chi connectivity index (χ3v) is 2.06. The first-order valence-corrected chi connectivity index (χ1v) is 5.12. The highest BCUT2D eigenvalue weighted by molar-refractivity contribution is 5.75. The number of carbonyl (C=O) groups is 1. The number of amides is 1. The van der Waals surface area contributed by atoms with Gasteiger partial charge < -0.3 is 10.2 Å². The van der Waals surface area contributed by atoms with E-state index in [1.807, 2.05) is 30.3 Å². The van der Waals surface area contributed by atoms with Crippen molar-refractivity contribution in [3.63, 3.8) is 0 Å². The predicted molar refractivity (Wildman–Crippen MR) is 60.6 cm³/mol. The van der Waals surface area contributed by atoms with E-state index < -0.39 is 5.91 Å². The molecule has 1 aromatic carbocycles. The van der Waals surface area contributed by atoms with Gasteiger partial charge in [0.2, 0.25) is 17.7 Å². The lowest BCUT2D eigenvalue weighted by Crippen LogP contribution is -2.28. The van der Waals surface area contributed by atoms with E-state index in [1.165, 1.54) is 0 Å². The van der Waals surface area contributed by atoms with Gasteiger partial charge in [0, 0.05) is 5.56 Å². The van der Waals surface area contributed by atoms with E-state index in [0.717, 1.165) is 5.56 Å². The summed E-state index contributed by atoms with van der Waals surface area (Å²) in [7, 11) is 0. The van der Waals surface area contributed by atoms with E-state index in [9.17, 15) is 4.79 Å². The Bertz CT molecular complexity index is 495. The van der Waals surface area contributed by atoms with Crippen LogP contribution in [0.4, 0.5) is 0 Å². The number of carbonyl (C=O) groups excluding carboxylic acids is 1. The molecule has 0 saturated carbocycles. The average molecular weight is 232 g/mol. The Labute approximate surface area is 97.8 Å². The van der Waals surface area contributed by atoms with Crippen molar-refractivity contribution in [2.75, 3.05) is 6.54 Å². The molecule has 0 aliphatic heterocycles. The molecule has 2 rings (SSSR count). The van der Waals surface area contributed by atoms with Crippen LogP contribution in [-0.2, 0) is 11.3 Å². The van der Waals surface area contributed by atoms with Crippen LogP contribution in [0.5, 0.6) is 0 Å². The highest BCUT2D eigenvalue weighted by atomic mass is 16.4. The summed E-state index contributed by atoms with van der Waals surface area (Å²) in [5, 5.41) is 10.6. The number of nitrogens with one attached hydrogen (secondary N) is 1. The maximum Gasteiger partial charge on any atom is 0.247 e. The lowest BCUT2D eigenvalue weighted by Gasteiger charge is -1.96. The van der Waals surface area contributed by atoms with Gasteiger partial charge in [0.1, 0.15) is 0 Å². The van der Waals surface area contributed by atoms with Gasteiger partial charge in [0.15, 0.2) is 0 Å². The Morgan fingerprint density at radius 1 is 1.29 bits per heavy atom. The summed E-state index contributed by atoms with van der Waals surface area (Å²) in [6.45, 7) is 0.409. The standard InChI is InChI=1S/C11H12N4O2/c12-9(16)6-13-7-10-14-15-11(17-10)8-4-2-1-3-5-8/h1-5,13H,6-7H2,(H2,12,16). The van der Waals surface area contributed by atoms with Gasteiger partial charge in [-0.2, -0.15) is 0 Å². The Hall–Kier alpha value is -2.21. The minimum absolute atomic E-state index is 0.0864. The number of benzene rings is 1. The molecule has 0 fully saturated rings. The Balaban J connectivity index is 1.99. The van der Waals surface area contributed by atoms with Gasteiger partial charge in [-0.15, -0.1) is 10.2 Å². The highest BCUT2D eigenvalue weighted by Gasteiger charge is 2.07. The lowest BCUT2D eigenvalue weighted by atomic mass is 10.2. The van der Waals surface area contributed by atoms with E-state index in [2.05, 4.69) is 15.5 Å². The largest absolute Gasteiger partial charge is 0.419 e. The zero-order valence-electron chi connectivity index (χ0n) is 9.09. The lowest BCUT2D eigenvalue weighted by molar-refractivity contribution is -0.117. The molecule has 0 atom stereocenters. The van der Waals surface area contributed by atoms with Gasteiger partial charge in [-0.25, -0.2) is 0 Å². The molecule has 6 nitrogen and oxygen atoms in total. The van der Waals surface area contributed by atoms with Crippen molar-refractivity contribution >= 4 is 5.91 Å². The molecule has 0 aliphatic rings. The first kappa shape index (κ1) is 11.3. The van der Waals surface area contributed by atoms with Crippen molar-refractivity contribution in [3.05, 3.63) is 36.2 Å². The first-order chi connectivity index (χ1) is 8.25. The van der Waals surface area contributed by atoms with E-state index in [4.69, 9.17) is 10.2 Å². The van der Waals surface area contributed by atoms with Gasteiger partial charge >= 0.3 is 0 Å². The summed E-state index contributed by atoms with van der Waals surface area (Å²) < 4.78 is 5.41. The van der Waals surface area contributed by atoms with Crippen LogP contribution in [0.1, 0.15) is 5.89 Å². The molecule has 17 heavy (non-hydrogen) atoms. The second kappa shape index (κ2) is 5.22. The summed E-state index contributed by atoms with van der Waals surface area (Å²) in [4.78, 5) is 10.5. The van der Waals surface area contributed by atoms with E-state index in [1.54, 1.807) is 0 Å². The highest BCUT2D eigenvalue weighted by Crippen LogP contribution is 2.16. The fourth-order valence-electron chi connectivity index (χ4n) is 1.32. The molecule has 0 aliphatic carbocycles. The quantitative estimate of drug-likeness (QED) is 0.773. The molecule has 0 spiro atoms. The van der Waals surface area contributed by atoms with Gasteiger partial charge in [-0.3, -0.25) is 10.1 Å². The van der Waals surface area contributed by atoms with Crippen molar-refractivity contribution < 1.29 is 9.21 Å². The molecule has 1 heterocycles. The van der Waals surface area contributed by atoms with Crippen LogP contribution in [0, 0.1) is 0 Å². The van der Waals surface area contributed by atoms with Crippen molar-refractivity contribution in [1.82, 2.24) is 15.5 Å². The summed E-state index contributed by atoms with van der Waals surface area (Å²) in [5.41, 5.74) is 5.85. The number of hydrogen-bond donors (Lipinski definition) is 2. The number of nitrogens with zero attached hydrogens (tertiary/aromatic N) is 2. The van der Waals surface area contributed by atoms with E-state index in [-0.39, 0.29) is 6.54 Å². The fourth-order valence-corrected chi connectivity index (χ4v) is 1.32. The smallest absolute Gasteiger partial charge is 0.247 e. The molecule has 1 aromatic heterocycles. The summed E-state index contributed by atoms with van der Waals surface area (Å²) in [6.07, 6.45) is 0. The molecular weight excluding hydrogens is 220 g/mol. The molecule has 6 heteroatoms. The van der Waals surface area contributed by atoms with Gasteiger partial charge in [0.05, 0.1) is 13.1 Å². The van der Waals surface area contributed by atoms with Crippen molar-refractivity contribution in [1.29, 1.82) is 0 Å². The summed E-state index contributed by atoms with van der Waals surface area (Å²) >= 11 is 0. The fraction of sp³-hybridized carbons (Fsp3) is 0.182. The molecule has 0 bridgehead atoms. The monoisotopic (exact) mass is 232 g/mol. The summed E-state index contributed by atoms with van der Waals surface area (Å²) in [5.74, 6) is 0.458. The van der Waals surface area contributed by atoms with E-state index in [0.29, 0.717) is 18.3 Å². The minimum atomic E-state index is -0.423. The van der Waals surface area contributed by atoms with Gasteiger partial charge in [-0.05, 0) is 12.1 Å². The maximum absolute atomic E-state index is 10.5. The number of rotatable bonds is 5. The second-order valence-electron chi connectivity index (χ2n) is 3.44. The topological polar surface area (TPSA) is 94.0 Å². The molecule has 0 saturated heterocycles. The second-order valence-corrected chi connectivity index (χ2v) is 3.44. The zero-order chi connectivity index (χ0) is 12.1. The van der Waals surface area contributed by atoms with Crippen molar-refractivity contribution in [2.24, 2.45) is 5.73 Å². The number of aromatic nitrogens is 2. The first-order valence-electron chi connectivity index (χ1n) is 5.12. The van der Waals surface area contributed by atoms with Gasteiger partial charge in [-0.1, -0.05) is 18.2 Å². The zero-order valence-corrected chi connectivity index (χ0v) is 9.09. The van der Waals surface area contributed by atoms with Crippen LogP contribution in [-0.4, -0.2) is 22.6 Å². The summed E-state index contributed by atoms with van der Waals surface area (Å²) in [6, 6.07) is 9.46. The maximum atomic E-state index is 10.5. The average Bonchev–Trinajstić information content (AvgIpc) is 2.78. The Morgan fingerprint density at radius 3 is 2.76 bits per heavy atom. The molecule has 88 valence electrons.